The minimum absolute atomic E-state index is 0.836. The van der Waals surface area contributed by atoms with Crippen LogP contribution in [0.2, 0.25) is 0 Å². The van der Waals surface area contributed by atoms with Crippen molar-refractivity contribution in [2.24, 2.45) is 11.8 Å². The van der Waals surface area contributed by atoms with Crippen LogP contribution in [-0.4, -0.2) is 13.1 Å². The Morgan fingerprint density at radius 2 is 2.27 bits per heavy atom. The summed E-state index contributed by atoms with van der Waals surface area (Å²) < 4.78 is 0. The number of aryl methyl sites for hydroxylation is 1. The molecule has 0 spiro atoms. The molecule has 0 unspecified atom stereocenters. The van der Waals surface area contributed by atoms with E-state index >= 15 is 0 Å². The van der Waals surface area contributed by atoms with Gasteiger partial charge in [0.1, 0.15) is 0 Å². The van der Waals surface area contributed by atoms with Crippen LogP contribution in [0.5, 0.6) is 0 Å². The molecule has 3 rings (SSSR count). The van der Waals surface area contributed by atoms with Crippen molar-refractivity contribution >= 4 is 0 Å². The maximum Gasteiger partial charge on any atom is -0.00120 e. The molecule has 15 heavy (non-hydrogen) atoms. The quantitative estimate of drug-likeness (QED) is 0.736. The molecule has 0 bridgehead atoms. The molecule has 1 N–H and O–H groups in total. The number of piperidine rings is 1. The van der Waals surface area contributed by atoms with Gasteiger partial charge in [0, 0.05) is 0 Å². The maximum absolute atomic E-state index is 3.53. The van der Waals surface area contributed by atoms with Gasteiger partial charge < -0.3 is 5.32 Å². The molecule has 0 amide bonds. The lowest BCUT2D eigenvalue weighted by Crippen LogP contribution is -2.47. The molecule has 1 nitrogen and oxygen atoms in total. The van der Waals surface area contributed by atoms with Crippen molar-refractivity contribution in [2.75, 3.05) is 13.1 Å². The van der Waals surface area contributed by atoms with Crippen molar-refractivity contribution in [1.29, 1.82) is 0 Å². The first kappa shape index (κ1) is 9.41. The average Bonchev–Trinajstić information content (AvgIpc) is 2.20. The molecule has 1 aliphatic carbocycles. The normalized spacial score (nSPS) is 34.3. The Bertz CT molecular complexity index is 358. The Hall–Kier alpha value is -0.820. The largest absolute Gasteiger partial charge is 0.316 e. The van der Waals surface area contributed by atoms with E-state index in [2.05, 4.69) is 36.5 Å². The molecule has 1 aromatic carbocycles. The van der Waals surface area contributed by atoms with E-state index < -0.39 is 0 Å². The minimum Gasteiger partial charge on any atom is -0.316 e. The molecule has 1 heteroatoms. The molecular weight excluding hydrogens is 182 g/mol. The Morgan fingerprint density at radius 3 is 3.07 bits per heavy atom. The fourth-order valence-corrected chi connectivity index (χ4v) is 3.29. The van der Waals surface area contributed by atoms with Crippen LogP contribution in [0.1, 0.15) is 29.9 Å². The number of rotatable bonds is 1. The van der Waals surface area contributed by atoms with Gasteiger partial charge in [-0.05, 0) is 56.2 Å². The molecule has 1 aliphatic heterocycles. The van der Waals surface area contributed by atoms with Gasteiger partial charge in [0.25, 0.3) is 0 Å². The topological polar surface area (TPSA) is 12.0 Å². The first-order valence-corrected chi connectivity index (χ1v) is 6.12. The van der Waals surface area contributed by atoms with Crippen LogP contribution in [0.4, 0.5) is 0 Å². The zero-order valence-corrected chi connectivity index (χ0v) is 9.37. The van der Waals surface area contributed by atoms with Crippen molar-refractivity contribution in [1.82, 2.24) is 5.32 Å². The Balaban J connectivity index is 1.79. The summed E-state index contributed by atoms with van der Waals surface area (Å²) in [6.45, 7) is 4.67. The zero-order valence-electron chi connectivity index (χ0n) is 9.37. The molecular formula is C14H19N. The summed E-state index contributed by atoms with van der Waals surface area (Å²) in [6.07, 6.45) is 2.82. The highest BCUT2D eigenvalue weighted by Crippen LogP contribution is 2.49. The smallest absolute Gasteiger partial charge is 0.00120 e. The van der Waals surface area contributed by atoms with Crippen LogP contribution in [0.3, 0.4) is 0 Å². The summed E-state index contributed by atoms with van der Waals surface area (Å²) in [5.41, 5.74) is 2.97. The fraction of sp³-hybridized carbons (Fsp3) is 0.571. The van der Waals surface area contributed by atoms with Gasteiger partial charge in [0.2, 0.25) is 0 Å². The SMILES string of the molecule is Cc1cccc([C@H]2C[C@@H]3CCNC[C@@H]32)c1. The predicted molar refractivity (Wildman–Crippen MR) is 63.0 cm³/mol. The van der Waals surface area contributed by atoms with Gasteiger partial charge in [-0.2, -0.15) is 0 Å². The molecule has 80 valence electrons. The lowest BCUT2D eigenvalue weighted by Gasteiger charge is -2.48. The summed E-state index contributed by atoms with van der Waals surface area (Å²) in [7, 11) is 0. The summed E-state index contributed by atoms with van der Waals surface area (Å²) in [4.78, 5) is 0. The molecule has 1 heterocycles. The fourth-order valence-electron chi connectivity index (χ4n) is 3.29. The van der Waals surface area contributed by atoms with E-state index in [9.17, 15) is 0 Å². The average molecular weight is 201 g/mol. The van der Waals surface area contributed by atoms with Crippen molar-refractivity contribution in [3.8, 4) is 0 Å². The highest BCUT2D eigenvalue weighted by Gasteiger charge is 2.42. The second-order valence-electron chi connectivity index (χ2n) is 5.17. The van der Waals surface area contributed by atoms with Gasteiger partial charge in [0.05, 0.1) is 0 Å². The standard InChI is InChI=1S/C14H19N/c1-10-3-2-4-11(7-10)13-8-12-5-6-15-9-14(12)13/h2-4,7,12-15H,5-6,8-9H2,1H3/t12-,13+,14-/m0/s1. The predicted octanol–water partition coefficient (Wildman–Crippen LogP) is 2.71. The van der Waals surface area contributed by atoms with Gasteiger partial charge in [-0.3, -0.25) is 0 Å². The third-order valence-corrected chi connectivity index (χ3v) is 4.22. The Morgan fingerprint density at radius 1 is 1.33 bits per heavy atom. The van der Waals surface area contributed by atoms with E-state index in [1.807, 2.05) is 0 Å². The van der Waals surface area contributed by atoms with E-state index in [-0.39, 0.29) is 0 Å². The number of nitrogens with one attached hydrogen (secondary N) is 1. The third kappa shape index (κ3) is 1.59. The number of fused-ring (bicyclic) bond motifs is 1. The van der Waals surface area contributed by atoms with E-state index in [4.69, 9.17) is 0 Å². The molecule has 0 aromatic heterocycles. The first-order valence-electron chi connectivity index (χ1n) is 6.12. The van der Waals surface area contributed by atoms with Gasteiger partial charge >= 0.3 is 0 Å². The molecule has 1 saturated carbocycles. The van der Waals surface area contributed by atoms with Crippen molar-refractivity contribution in [3.05, 3.63) is 35.4 Å². The lowest BCUT2D eigenvalue weighted by molar-refractivity contribution is 0.0934. The number of hydrogen-bond donors (Lipinski definition) is 1. The van der Waals surface area contributed by atoms with Gasteiger partial charge in [-0.1, -0.05) is 29.8 Å². The molecule has 0 radical (unpaired) electrons. The van der Waals surface area contributed by atoms with Crippen LogP contribution in [0, 0.1) is 18.8 Å². The van der Waals surface area contributed by atoms with Crippen molar-refractivity contribution in [3.63, 3.8) is 0 Å². The lowest BCUT2D eigenvalue weighted by atomic mass is 9.60. The number of hydrogen-bond acceptors (Lipinski definition) is 1. The summed E-state index contributed by atoms with van der Waals surface area (Å²) in [5, 5.41) is 3.53. The van der Waals surface area contributed by atoms with E-state index in [0.717, 1.165) is 17.8 Å². The second-order valence-corrected chi connectivity index (χ2v) is 5.17. The monoisotopic (exact) mass is 201 g/mol. The van der Waals surface area contributed by atoms with E-state index in [1.165, 1.54) is 31.5 Å². The van der Waals surface area contributed by atoms with E-state index in [1.54, 1.807) is 5.56 Å². The minimum atomic E-state index is 0.836. The molecule has 1 aromatic rings. The van der Waals surface area contributed by atoms with E-state index in [0.29, 0.717) is 0 Å². The Labute approximate surface area is 91.9 Å². The van der Waals surface area contributed by atoms with Gasteiger partial charge in [-0.15, -0.1) is 0 Å². The highest BCUT2D eigenvalue weighted by molar-refractivity contribution is 5.28. The van der Waals surface area contributed by atoms with Crippen molar-refractivity contribution in [2.45, 2.75) is 25.7 Å². The molecule has 2 fully saturated rings. The molecule has 3 atom stereocenters. The number of benzene rings is 1. The van der Waals surface area contributed by atoms with Crippen LogP contribution in [-0.2, 0) is 0 Å². The first-order chi connectivity index (χ1) is 7.34. The van der Waals surface area contributed by atoms with Crippen LogP contribution >= 0.6 is 0 Å². The summed E-state index contributed by atoms with van der Waals surface area (Å²) >= 11 is 0. The van der Waals surface area contributed by atoms with Crippen LogP contribution in [0.15, 0.2) is 24.3 Å². The van der Waals surface area contributed by atoms with Gasteiger partial charge in [0.15, 0.2) is 0 Å². The maximum atomic E-state index is 3.53. The van der Waals surface area contributed by atoms with Crippen LogP contribution in [0.25, 0.3) is 0 Å². The van der Waals surface area contributed by atoms with Crippen LogP contribution < -0.4 is 5.32 Å². The summed E-state index contributed by atoms with van der Waals surface area (Å²) in [5.74, 6) is 2.76. The van der Waals surface area contributed by atoms with Crippen molar-refractivity contribution < 1.29 is 0 Å². The highest BCUT2D eigenvalue weighted by atomic mass is 14.9. The third-order valence-electron chi connectivity index (χ3n) is 4.22. The van der Waals surface area contributed by atoms with Gasteiger partial charge in [-0.25, -0.2) is 0 Å². The molecule has 1 saturated heterocycles. The second kappa shape index (κ2) is 3.64. The summed E-state index contributed by atoms with van der Waals surface area (Å²) in [6, 6.07) is 9.07. The zero-order chi connectivity index (χ0) is 10.3. The Kier molecular flexibility index (Phi) is 2.28. The molecule has 2 aliphatic rings.